The summed E-state index contributed by atoms with van der Waals surface area (Å²) in [4.78, 5) is 2.16. The largest absolute Gasteiger partial charge is 0.494 e. The minimum atomic E-state index is -0.214. The molecular weight excluding hydrogens is 225 g/mol. The van der Waals surface area contributed by atoms with Crippen LogP contribution < -0.4 is 5.46 Å². The lowest BCUT2D eigenvalue weighted by Crippen LogP contribution is -2.48. The Hall–Kier alpha value is -0.835. The standard InChI is InChI=1S/C14H22BNO2/c1-14(2)10-17-15(18-11-14)13-8-6-5-7-12(13)9-16(3)4/h5-8H,9-11H2,1-4H3. The summed E-state index contributed by atoms with van der Waals surface area (Å²) in [6.07, 6.45) is 0. The first-order chi connectivity index (χ1) is 8.48. The molecule has 3 nitrogen and oxygen atoms in total. The second-order valence-electron chi connectivity index (χ2n) is 6.05. The SMILES string of the molecule is CN(C)Cc1ccccc1B1OCC(C)(C)CO1. The number of hydrogen-bond acceptors (Lipinski definition) is 3. The third-order valence-corrected chi connectivity index (χ3v) is 3.05. The first-order valence-electron chi connectivity index (χ1n) is 6.44. The van der Waals surface area contributed by atoms with Gasteiger partial charge < -0.3 is 14.2 Å². The molecule has 2 rings (SSSR count). The van der Waals surface area contributed by atoms with Gasteiger partial charge in [-0.1, -0.05) is 38.1 Å². The predicted octanol–water partition coefficient (Wildman–Crippen LogP) is 1.52. The summed E-state index contributed by atoms with van der Waals surface area (Å²) in [6, 6.07) is 8.35. The Labute approximate surface area is 110 Å². The van der Waals surface area contributed by atoms with E-state index in [1.807, 2.05) is 6.07 Å². The molecule has 18 heavy (non-hydrogen) atoms. The van der Waals surface area contributed by atoms with Crippen LogP contribution in [0.1, 0.15) is 19.4 Å². The molecule has 4 heteroatoms. The molecule has 98 valence electrons. The lowest BCUT2D eigenvalue weighted by Gasteiger charge is -2.33. The van der Waals surface area contributed by atoms with Gasteiger partial charge in [0, 0.05) is 25.2 Å². The average molecular weight is 247 g/mol. The van der Waals surface area contributed by atoms with Gasteiger partial charge in [-0.3, -0.25) is 0 Å². The summed E-state index contributed by atoms with van der Waals surface area (Å²) in [6.45, 7) is 6.72. The van der Waals surface area contributed by atoms with Gasteiger partial charge >= 0.3 is 7.12 Å². The molecule has 0 amide bonds. The van der Waals surface area contributed by atoms with Gasteiger partial charge in [0.05, 0.1) is 0 Å². The molecule has 0 spiro atoms. The van der Waals surface area contributed by atoms with E-state index in [0.717, 1.165) is 25.2 Å². The van der Waals surface area contributed by atoms with Crippen LogP contribution in [0.3, 0.4) is 0 Å². The smallest absolute Gasteiger partial charge is 0.407 e. The first-order valence-corrected chi connectivity index (χ1v) is 6.44. The molecule has 0 aromatic heterocycles. The van der Waals surface area contributed by atoms with Crippen LogP contribution in [0.15, 0.2) is 24.3 Å². The Morgan fingerprint density at radius 1 is 1.17 bits per heavy atom. The molecule has 1 aliphatic rings. The second-order valence-corrected chi connectivity index (χ2v) is 6.05. The number of benzene rings is 1. The fourth-order valence-corrected chi connectivity index (χ4v) is 2.12. The highest BCUT2D eigenvalue weighted by molar-refractivity contribution is 6.62. The normalized spacial score (nSPS) is 19.3. The third kappa shape index (κ3) is 3.34. The molecule has 0 bridgehead atoms. The van der Waals surface area contributed by atoms with Gasteiger partial charge in [-0.15, -0.1) is 0 Å². The Balaban J connectivity index is 2.13. The molecule has 1 aromatic rings. The zero-order valence-electron chi connectivity index (χ0n) is 11.8. The minimum absolute atomic E-state index is 0.118. The molecule has 0 radical (unpaired) electrons. The molecule has 1 heterocycles. The van der Waals surface area contributed by atoms with E-state index in [1.165, 1.54) is 5.56 Å². The van der Waals surface area contributed by atoms with Crippen molar-refractivity contribution >= 4 is 12.6 Å². The van der Waals surface area contributed by atoms with Crippen LogP contribution in [0.4, 0.5) is 0 Å². The summed E-state index contributed by atoms with van der Waals surface area (Å²) < 4.78 is 11.7. The molecule has 0 unspecified atom stereocenters. The molecule has 1 fully saturated rings. The van der Waals surface area contributed by atoms with Crippen molar-refractivity contribution in [2.24, 2.45) is 5.41 Å². The fourth-order valence-electron chi connectivity index (χ4n) is 2.12. The highest BCUT2D eigenvalue weighted by atomic mass is 16.6. The Bertz CT molecular complexity index is 397. The maximum Gasteiger partial charge on any atom is 0.494 e. The van der Waals surface area contributed by atoms with Crippen molar-refractivity contribution in [2.45, 2.75) is 20.4 Å². The fraction of sp³-hybridized carbons (Fsp3) is 0.571. The van der Waals surface area contributed by atoms with Crippen LogP contribution in [0, 0.1) is 5.41 Å². The van der Waals surface area contributed by atoms with Crippen molar-refractivity contribution in [1.29, 1.82) is 0 Å². The molecule has 1 aromatic carbocycles. The first kappa shape index (κ1) is 13.6. The molecule has 0 N–H and O–H groups in total. The van der Waals surface area contributed by atoms with Gasteiger partial charge in [0.25, 0.3) is 0 Å². The molecule has 1 aliphatic heterocycles. The van der Waals surface area contributed by atoms with E-state index < -0.39 is 0 Å². The van der Waals surface area contributed by atoms with Crippen LogP contribution in [-0.2, 0) is 15.9 Å². The van der Waals surface area contributed by atoms with Crippen LogP contribution >= 0.6 is 0 Å². The van der Waals surface area contributed by atoms with E-state index in [0.29, 0.717) is 0 Å². The van der Waals surface area contributed by atoms with E-state index in [4.69, 9.17) is 9.31 Å². The maximum atomic E-state index is 5.86. The zero-order valence-corrected chi connectivity index (χ0v) is 11.8. The Morgan fingerprint density at radius 3 is 2.39 bits per heavy atom. The van der Waals surface area contributed by atoms with Crippen LogP contribution in [0.2, 0.25) is 0 Å². The van der Waals surface area contributed by atoms with E-state index in [-0.39, 0.29) is 12.5 Å². The van der Waals surface area contributed by atoms with E-state index in [2.05, 4.69) is 51.0 Å². The molecule has 0 atom stereocenters. The van der Waals surface area contributed by atoms with Gasteiger partial charge in [0.2, 0.25) is 0 Å². The van der Waals surface area contributed by atoms with Crippen LogP contribution in [-0.4, -0.2) is 39.3 Å². The van der Waals surface area contributed by atoms with Gasteiger partial charge in [-0.25, -0.2) is 0 Å². The highest BCUT2D eigenvalue weighted by Gasteiger charge is 2.34. The average Bonchev–Trinajstić information content (AvgIpc) is 2.29. The van der Waals surface area contributed by atoms with E-state index in [1.54, 1.807) is 0 Å². The third-order valence-electron chi connectivity index (χ3n) is 3.05. The zero-order chi connectivity index (χ0) is 13.2. The monoisotopic (exact) mass is 247 g/mol. The van der Waals surface area contributed by atoms with Crippen molar-refractivity contribution in [3.8, 4) is 0 Å². The summed E-state index contributed by atoms with van der Waals surface area (Å²) in [5.74, 6) is 0. The number of rotatable bonds is 3. The topological polar surface area (TPSA) is 21.7 Å². The lowest BCUT2D eigenvalue weighted by atomic mass is 9.73. The van der Waals surface area contributed by atoms with Crippen molar-refractivity contribution in [1.82, 2.24) is 4.90 Å². The number of nitrogens with zero attached hydrogens (tertiary/aromatic N) is 1. The maximum absolute atomic E-state index is 5.86. The van der Waals surface area contributed by atoms with Crippen molar-refractivity contribution in [3.05, 3.63) is 29.8 Å². The molecular formula is C14H22BNO2. The van der Waals surface area contributed by atoms with E-state index in [9.17, 15) is 0 Å². The van der Waals surface area contributed by atoms with E-state index >= 15 is 0 Å². The van der Waals surface area contributed by atoms with Crippen molar-refractivity contribution in [2.75, 3.05) is 27.3 Å². The lowest BCUT2D eigenvalue weighted by molar-refractivity contribution is 0.0342. The van der Waals surface area contributed by atoms with Gasteiger partial charge in [0.1, 0.15) is 0 Å². The van der Waals surface area contributed by atoms with Crippen LogP contribution in [0.25, 0.3) is 0 Å². The molecule has 1 saturated heterocycles. The summed E-state index contributed by atoms with van der Waals surface area (Å²) in [5.41, 5.74) is 2.54. The van der Waals surface area contributed by atoms with Crippen LogP contribution in [0.5, 0.6) is 0 Å². The Morgan fingerprint density at radius 2 is 1.78 bits per heavy atom. The predicted molar refractivity (Wildman–Crippen MR) is 74.9 cm³/mol. The van der Waals surface area contributed by atoms with Gasteiger partial charge in [-0.05, 0) is 25.1 Å². The van der Waals surface area contributed by atoms with Gasteiger partial charge in [-0.2, -0.15) is 0 Å². The molecule has 0 saturated carbocycles. The van der Waals surface area contributed by atoms with Crippen molar-refractivity contribution < 1.29 is 9.31 Å². The number of hydrogen-bond donors (Lipinski definition) is 0. The van der Waals surface area contributed by atoms with Crippen molar-refractivity contribution in [3.63, 3.8) is 0 Å². The summed E-state index contributed by atoms with van der Waals surface area (Å²) in [5, 5.41) is 0. The summed E-state index contributed by atoms with van der Waals surface area (Å²) in [7, 11) is 3.93. The molecule has 0 aliphatic carbocycles. The minimum Gasteiger partial charge on any atom is -0.407 e. The van der Waals surface area contributed by atoms with Gasteiger partial charge in [0.15, 0.2) is 0 Å². The second kappa shape index (κ2) is 5.43. The highest BCUT2D eigenvalue weighted by Crippen LogP contribution is 2.21. The Kier molecular flexibility index (Phi) is 4.10. The summed E-state index contributed by atoms with van der Waals surface area (Å²) >= 11 is 0. The quantitative estimate of drug-likeness (QED) is 0.756.